The van der Waals surface area contributed by atoms with Gasteiger partial charge in [-0.15, -0.1) is 15.3 Å². The molecule has 104 valence electrons. The van der Waals surface area contributed by atoms with Gasteiger partial charge in [-0.1, -0.05) is 23.5 Å². The average molecular weight is 289 g/mol. The molecule has 0 fully saturated rings. The summed E-state index contributed by atoms with van der Waals surface area (Å²) in [7, 11) is 0. The molecule has 0 aliphatic carbocycles. The average Bonchev–Trinajstić information content (AvgIpc) is 2.94. The van der Waals surface area contributed by atoms with E-state index in [1.807, 2.05) is 6.92 Å². The van der Waals surface area contributed by atoms with Crippen LogP contribution in [0.15, 0.2) is 12.1 Å². The highest BCUT2D eigenvalue weighted by Crippen LogP contribution is 2.26. The van der Waals surface area contributed by atoms with Crippen molar-refractivity contribution in [1.82, 2.24) is 19.8 Å². The Morgan fingerprint density at radius 2 is 1.95 bits per heavy atom. The van der Waals surface area contributed by atoms with Gasteiger partial charge >= 0.3 is 0 Å². The normalized spacial score (nSPS) is 11.2. The number of hydrogen-bond donors (Lipinski definition) is 1. The van der Waals surface area contributed by atoms with Crippen LogP contribution in [0.5, 0.6) is 5.75 Å². The molecular formula is C13H15N5OS. The molecular weight excluding hydrogens is 274 g/mol. The van der Waals surface area contributed by atoms with E-state index in [0.29, 0.717) is 22.5 Å². The third kappa shape index (κ3) is 2.09. The molecule has 0 bridgehead atoms. The highest BCUT2D eigenvalue weighted by Gasteiger charge is 2.12. The Kier molecular flexibility index (Phi) is 3.06. The van der Waals surface area contributed by atoms with Crippen LogP contribution in [0.4, 0.5) is 5.13 Å². The fourth-order valence-electron chi connectivity index (χ4n) is 2.05. The highest BCUT2D eigenvalue weighted by atomic mass is 32.1. The summed E-state index contributed by atoms with van der Waals surface area (Å²) in [5, 5.41) is 12.7. The summed E-state index contributed by atoms with van der Waals surface area (Å²) < 4.78 is 7.54. The van der Waals surface area contributed by atoms with E-state index in [9.17, 15) is 0 Å². The van der Waals surface area contributed by atoms with E-state index in [4.69, 9.17) is 10.5 Å². The largest absolute Gasteiger partial charge is 0.485 e. The molecule has 2 aromatic heterocycles. The van der Waals surface area contributed by atoms with E-state index >= 15 is 0 Å². The SMILES string of the molecule is Cc1ccc(C)c(OCc2nnc3sc(N)nn23)c1C. The maximum absolute atomic E-state index is 5.91. The number of anilines is 1. The lowest BCUT2D eigenvalue weighted by atomic mass is 10.1. The van der Waals surface area contributed by atoms with Crippen LogP contribution >= 0.6 is 11.3 Å². The van der Waals surface area contributed by atoms with Crippen LogP contribution in [0.3, 0.4) is 0 Å². The van der Waals surface area contributed by atoms with E-state index in [2.05, 4.69) is 41.3 Å². The molecule has 0 amide bonds. The maximum atomic E-state index is 5.91. The molecule has 0 saturated heterocycles. The summed E-state index contributed by atoms with van der Waals surface area (Å²) in [4.78, 5) is 0.679. The van der Waals surface area contributed by atoms with Crippen molar-refractivity contribution in [2.45, 2.75) is 27.4 Å². The van der Waals surface area contributed by atoms with Gasteiger partial charge < -0.3 is 10.5 Å². The minimum Gasteiger partial charge on any atom is -0.485 e. The second-order valence-electron chi connectivity index (χ2n) is 4.69. The Morgan fingerprint density at radius 3 is 2.75 bits per heavy atom. The standard InChI is InChI=1S/C13H15N5OS/c1-7-4-5-8(2)11(9(7)3)19-6-10-15-16-13-18(10)17-12(14)20-13/h4-5H,6H2,1-3H3,(H2,14,17). The van der Waals surface area contributed by atoms with Gasteiger partial charge in [0.05, 0.1) is 0 Å². The topological polar surface area (TPSA) is 78.3 Å². The number of rotatable bonds is 3. The molecule has 0 saturated carbocycles. The first-order valence-corrected chi connectivity index (χ1v) is 7.04. The molecule has 7 heteroatoms. The van der Waals surface area contributed by atoms with Gasteiger partial charge in [-0.3, -0.25) is 0 Å². The molecule has 2 N–H and O–H groups in total. The molecule has 6 nitrogen and oxygen atoms in total. The van der Waals surface area contributed by atoms with Crippen LogP contribution in [0.1, 0.15) is 22.5 Å². The van der Waals surface area contributed by atoms with Gasteiger partial charge in [-0.25, -0.2) is 0 Å². The Hall–Kier alpha value is -2.15. The summed E-state index contributed by atoms with van der Waals surface area (Å²) in [5.41, 5.74) is 9.11. The van der Waals surface area contributed by atoms with Crippen molar-refractivity contribution in [1.29, 1.82) is 0 Å². The number of nitrogen functional groups attached to an aromatic ring is 1. The molecule has 0 aliphatic heterocycles. The quantitative estimate of drug-likeness (QED) is 0.800. The van der Waals surface area contributed by atoms with Crippen LogP contribution in [0.2, 0.25) is 0 Å². The first-order valence-electron chi connectivity index (χ1n) is 6.22. The molecule has 0 unspecified atom stereocenters. The van der Waals surface area contributed by atoms with Crippen molar-refractivity contribution in [3.8, 4) is 5.75 Å². The van der Waals surface area contributed by atoms with E-state index in [1.165, 1.54) is 16.9 Å². The predicted octanol–water partition coefficient (Wildman–Crippen LogP) is 2.27. The summed E-state index contributed by atoms with van der Waals surface area (Å²) in [6.45, 7) is 6.47. The highest BCUT2D eigenvalue weighted by molar-refractivity contribution is 7.20. The second kappa shape index (κ2) is 4.75. The summed E-state index contributed by atoms with van der Waals surface area (Å²) in [5.74, 6) is 1.54. The Labute approximate surface area is 120 Å². The lowest BCUT2D eigenvalue weighted by molar-refractivity contribution is 0.288. The molecule has 0 atom stereocenters. The van der Waals surface area contributed by atoms with Crippen molar-refractivity contribution >= 4 is 21.4 Å². The number of benzene rings is 1. The maximum Gasteiger partial charge on any atom is 0.236 e. The van der Waals surface area contributed by atoms with Gasteiger partial charge in [-0.2, -0.15) is 4.52 Å². The van der Waals surface area contributed by atoms with Crippen LogP contribution in [-0.2, 0) is 6.61 Å². The first kappa shape index (κ1) is 12.9. The fraction of sp³-hybridized carbons (Fsp3) is 0.308. The number of ether oxygens (including phenoxy) is 1. The number of hydrogen-bond acceptors (Lipinski definition) is 6. The first-order chi connectivity index (χ1) is 9.56. The summed E-state index contributed by atoms with van der Waals surface area (Å²) in [6.07, 6.45) is 0. The Morgan fingerprint density at radius 1 is 1.20 bits per heavy atom. The van der Waals surface area contributed by atoms with Crippen molar-refractivity contribution in [2.24, 2.45) is 0 Å². The minimum atomic E-state index is 0.315. The zero-order valence-corrected chi connectivity index (χ0v) is 12.4. The van der Waals surface area contributed by atoms with Gasteiger partial charge in [0.1, 0.15) is 12.4 Å². The third-order valence-corrected chi connectivity index (χ3v) is 4.02. The fourth-order valence-corrected chi connectivity index (χ4v) is 2.67. The zero-order chi connectivity index (χ0) is 14.3. The smallest absolute Gasteiger partial charge is 0.236 e. The molecule has 0 radical (unpaired) electrons. The van der Waals surface area contributed by atoms with Crippen molar-refractivity contribution < 1.29 is 4.74 Å². The molecule has 0 aliphatic rings. The molecule has 3 rings (SSSR count). The monoisotopic (exact) mass is 289 g/mol. The van der Waals surface area contributed by atoms with Gasteiger partial charge in [0.2, 0.25) is 10.1 Å². The van der Waals surface area contributed by atoms with Gasteiger partial charge in [0.25, 0.3) is 0 Å². The molecule has 20 heavy (non-hydrogen) atoms. The molecule has 1 aromatic carbocycles. The lowest BCUT2D eigenvalue weighted by Gasteiger charge is -2.12. The number of nitrogens with two attached hydrogens (primary N) is 1. The number of nitrogens with zero attached hydrogens (tertiary/aromatic N) is 4. The van der Waals surface area contributed by atoms with Crippen molar-refractivity contribution in [3.05, 3.63) is 34.6 Å². The Balaban J connectivity index is 1.88. The van der Waals surface area contributed by atoms with Gasteiger partial charge in [-0.05, 0) is 37.5 Å². The van der Waals surface area contributed by atoms with Crippen LogP contribution in [-0.4, -0.2) is 19.8 Å². The number of aromatic nitrogens is 4. The van der Waals surface area contributed by atoms with E-state index in [0.717, 1.165) is 16.9 Å². The summed E-state index contributed by atoms with van der Waals surface area (Å²) >= 11 is 1.30. The van der Waals surface area contributed by atoms with E-state index in [-0.39, 0.29) is 0 Å². The van der Waals surface area contributed by atoms with E-state index in [1.54, 1.807) is 4.52 Å². The minimum absolute atomic E-state index is 0.315. The van der Waals surface area contributed by atoms with Crippen LogP contribution < -0.4 is 10.5 Å². The van der Waals surface area contributed by atoms with Crippen LogP contribution in [0.25, 0.3) is 4.96 Å². The molecule has 2 heterocycles. The number of fused-ring (bicyclic) bond motifs is 1. The van der Waals surface area contributed by atoms with Crippen molar-refractivity contribution in [2.75, 3.05) is 5.73 Å². The second-order valence-corrected chi connectivity index (χ2v) is 5.68. The van der Waals surface area contributed by atoms with Gasteiger partial charge in [0.15, 0.2) is 5.82 Å². The van der Waals surface area contributed by atoms with Crippen molar-refractivity contribution in [3.63, 3.8) is 0 Å². The van der Waals surface area contributed by atoms with E-state index < -0.39 is 0 Å². The molecule has 3 aromatic rings. The molecule has 0 spiro atoms. The number of aryl methyl sites for hydroxylation is 2. The predicted molar refractivity (Wildman–Crippen MR) is 78.1 cm³/mol. The Bertz CT molecular complexity index is 777. The lowest BCUT2D eigenvalue weighted by Crippen LogP contribution is -2.05. The van der Waals surface area contributed by atoms with Gasteiger partial charge in [0, 0.05) is 0 Å². The summed E-state index contributed by atoms with van der Waals surface area (Å²) in [6, 6.07) is 4.14. The third-order valence-electron chi connectivity index (χ3n) is 3.29. The van der Waals surface area contributed by atoms with Crippen LogP contribution in [0, 0.1) is 20.8 Å². The zero-order valence-electron chi connectivity index (χ0n) is 11.5.